The van der Waals surface area contributed by atoms with Crippen molar-refractivity contribution in [1.82, 2.24) is 14.9 Å². The van der Waals surface area contributed by atoms with Crippen molar-refractivity contribution in [2.75, 3.05) is 26.2 Å². The minimum Gasteiger partial charge on any atom is -0.354 e. The van der Waals surface area contributed by atoms with Crippen LogP contribution >= 0.6 is 0 Å². The molecule has 0 bridgehead atoms. The highest BCUT2D eigenvalue weighted by molar-refractivity contribution is 7.86. The van der Waals surface area contributed by atoms with Gasteiger partial charge in [-0.3, -0.25) is 9.59 Å². The number of hydrogen-bond donors (Lipinski definition) is 3. The number of hydrogen-bond acceptors (Lipinski definition) is 4. The molecule has 2 rings (SSSR count). The van der Waals surface area contributed by atoms with Crippen molar-refractivity contribution in [3.63, 3.8) is 0 Å². The van der Waals surface area contributed by atoms with Crippen LogP contribution in [-0.4, -0.2) is 50.7 Å². The van der Waals surface area contributed by atoms with E-state index in [0.29, 0.717) is 25.9 Å². The molecule has 0 atom stereocenters. The molecule has 2 fully saturated rings. The van der Waals surface area contributed by atoms with Crippen molar-refractivity contribution in [2.45, 2.75) is 25.7 Å². The highest BCUT2D eigenvalue weighted by Crippen LogP contribution is 2.28. The van der Waals surface area contributed by atoms with Gasteiger partial charge in [0.05, 0.1) is 0 Å². The summed E-state index contributed by atoms with van der Waals surface area (Å²) in [7, 11) is -3.65. The van der Waals surface area contributed by atoms with Crippen LogP contribution in [0.4, 0.5) is 0 Å². The molecule has 2 amide bonds. The van der Waals surface area contributed by atoms with Crippen LogP contribution in [0.1, 0.15) is 25.7 Å². The molecule has 0 radical (unpaired) electrons. The van der Waals surface area contributed by atoms with Gasteiger partial charge in [-0.05, 0) is 25.7 Å². The van der Waals surface area contributed by atoms with Crippen LogP contribution in [0.5, 0.6) is 0 Å². The normalized spacial score (nSPS) is 21.0. The van der Waals surface area contributed by atoms with Crippen LogP contribution in [-0.2, 0) is 19.8 Å². The second kappa shape index (κ2) is 6.71. The largest absolute Gasteiger partial charge is 0.354 e. The first-order valence-corrected chi connectivity index (χ1v) is 8.71. The third-order valence-electron chi connectivity index (χ3n) is 3.86. The Kier molecular flexibility index (Phi) is 5.17. The number of piperidine rings is 1. The van der Waals surface area contributed by atoms with E-state index in [1.54, 1.807) is 0 Å². The lowest BCUT2D eigenvalue weighted by molar-refractivity contribution is -0.126. The zero-order chi connectivity index (χ0) is 15.5. The average molecular weight is 318 g/mol. The van der Waals surface area contributed by atoms with Gasteiger partial charge in [0, 0.05) is 38.0 Å². The molecule has 0 aromatic carbocycles. The van der Waals surface area contributed by atoms with E-state index in [4.69, 9.17) is 5.14 Å². The van der Waals surface area contributed by atoms with Crippen LogP contribution in [0.3, 0.4) is 0 Å². The molecule has 2 aliphatic rings. The molecular formula is C12H22N4O4S. The second-order valence-electron chi connectivity index (χ2n) is 5.57. The van der Waals surface area contributed by atoms with Crippen LogP contribution in [0.25, 0.3) is 0 Å². The standard InChI is InChI=1S/C12H22N4O4S/c13-21(19,20)16-7-3-10(4-8-16)12(18)15-6-5-14-11(17)9-1-2-9/h9-10H,1-8H2,(H,14,17)(H,15,18)(H2,13,19,20). The Balaban J connectivity index is 1.62. The number of nitrogens with two attached hydrogens (primary N) is 1. The summed E-state index contributed by atoms with van der Waals surface area (Å²) in [6.45, 7) is 1.37. The summed E-state index contributed by atoms with van der Waals surface area (Å²) in [6.07, 6.45) is 2.86. The fourth-order valence-electron chi connectivity index (χ4n) is 2.38. The summed E-state index contributed by atoms with van der Waals surface area (Å²) < 4.78 is 23.5. The maximum atomic E-state index is 11.9. The zero-order valence-corrected chi connectivity index (χ0v) is 12.7. The van der Waals surface area contributed by atoms with E-state index >= 15 is 0 Å². The average Bonchev–Trinajstić information content (AvgIpc) is 3.27. The predicted molar refractivity (Wildman–Crippen MR) is 76.1 cm³/mol. The van der Waals surface area contributed by atoms with Crippen molar-refractivity contribution in [1.29, 1.82) is 0 Å². The van der Waals surface area contributed by atoms with E-state index in [1.807, 2.05) is 0 Å². The van der Waals surface area contributed by atoms with E-state index in [9.17, 15) is 18.0 Å². The summed E-state index contributed by atoms with van der Waals surface area (Å²) in [5.41, 5.74) is 0. The SMILES string of the molecule is NS(=O)(=O)N1CCC(C(=O)NCCNC(=O)C2CC2)CC1. The Hall–Kier alpha value is -1.19. The second-order valence-corrected chi connectivity index (χ2v) is 7.12. The van der Waals surface area contributed by atoms with Crippen LogP contribution < -0.4 is 15.8 Å². The maximum absolute atomic E-state index is 11.9. The van der Waals surface area contributed by atoms with Gasteiger partial charge in [0.15, 0.2) is 0 Å². The highest BCUT2D eigenvalue weighted by Gasteiger charge is 2.30. The van der Waals surface area contributed by atoms with Crippen LogP contribution in [0.2, 0.25) is 0 Å². The van der Waals surface area contributed by atoms with E-state index in [1.165, 1.54) is 4.31 Å². The Morgan fingerprint density at radius 1 is 0.952 bits per heavy atom. The van der Waals surface area contributed by atoms with Gasteiger partial charge in [-0.25, -0.2) is 5.14 Å². The first kappa shape index (κ1) is 16.2. The number of nitrogens with one attached hydrogen (secondary N) is 2. The third-order valence-corrected chi connectivity index (χ3v) is 4.94. The number of rotatable bonds is 6. The number of amides is 2. The van der Waals surface area contributed by atoms with Gasteiger partial charge in [-0.2, -0.15) is 12.7 Å². The fourth-order valence-corrected chi connectivity index (χ4v) is 3.10. The minimum absolute atomic E-state index is 0.0608. The molecule has 8 nitrogen and oxygen atoms in total. The summed E-state index contributed by atoms with van der Waals surface area (Å²) in [5, 5.41) is 10.6. The van der Waals surface area contributed by atoms with Gasteiger partial charge in [0.2, 0.25) is 11.8 Å². The molecule has 0 aromatic rings. The van der Waals surface area contributed by atoms with Crippen molar-refractivity contribution in [3.05, 3.63) is 0 Å². The van der Waals surface area contributed by atoms with E-state index < -0.39 is 10.2 Å². The molecule has 0 spiro atoms. The molecule has 1 heterocycles. The van der Waals surface area contributed by atoms with Gasteiger partial charge in [0.25, 0.3) is 10.2 Å². The van der Waals surface area contributed by atoms with Gasteiger partial charge in [-0.15, -0.1) is 0 Å². The molecule has 0 aromatic heterocycles. The quantitative estimate of drug-likeness (QED) is 0.518. The Bertz CT molecular complexity index is 495. The first-order chi connectivity index (χ1) is 9.88. The van der Waals surface area contributed by atoms with Crippen molar-refractivity contribution in [2.24, 2.45) is 17.0 Å². The maximum Gasteiger partial charge on any atom is 0.276 e. The molecule has 1 aliphatic heterocycles. The summed E-state index contributed by atoms with van der Waals surface area (Å²) in [6, 6.07) is 0. The number of carbonyl (C=O) groups is 2. The van der Waals surface area contributed by atoms with Gasteiger partial charge in [0.1, 0.15) is 0 Å². The lowest BCUT2D eigenvalue weighted by Crippen LogP contribution is -2.46. The Labute approximate surface area is 124 Å². The molecule has 120 valence electrons. The zero-order valence-electron chi connectivity index (χ0n) is 11.9. The Morgan fingerprint density at radius 2 is 1.38 bits per heavy atom. The summed E-state index contributed by atoms with van der Waals surface area (Å²) in [4.78, 5) is 23.3. The summed E-state index contributed by atoms with van der Waals surface area (Å²) >= 11 is 0. The molecular weight excluding hydrogens is 296 g/mol. The van der Waals surface area contributed by atoms with Gasteiger partial charge < -0.3 is 10.6 Å². The predicted octanol–water partition coefficient (Wildman–Crippen LogP) is -1.46. The smallest absolute Gasteiger partial charge is 0.276 e. The van der Waals surface area contributed by atoms with Gasteiger partial charge in [-0.1, -0.05) is 0 Å². The van der Waals surface area contributed by atoms with Crippen molar-refractivity contribution in [3.8, 4) is 0 Å². The fraction of sp³-hybridized carbons (Fsp3) is 0.833. The van der Waals surface area contributed by atoms with E-state index in [-0.39, 0.29) is 36.7 Å². The third kappa shape index (κ3) is 4.94. The minimum atomic E-state index is -3.65. The Morgan fingerprint density at radius 3 is 1.76 bits per heavy atom. The lowest BCUT2D eigenvalue weighted by Gasteiger charge is -2.29. The highest BCUT2D eigenvalue weighted by atomic mass is 32.2. The molecule has 1 aliphatic carbocycles. The van der Waals surface area contributed by atoms with Gasteiger partial charge >= 0.3 is 0 Å². The molecule has 1 saturated heterocycles. The molecule has 0 unspecified atom stereocenters. The topological polar surface area (TPSA) is 122 Å². The monoisotopic (exact) mass is 318 g/mol. The van der Waals surface area contributed by atoms with Crippen LogP contribution in [0.15, 0.2) is 0 Å². The van der Waals surface area contributed by atoms with E-state index in [2.05, 4.69) is 10.6 Å². The lowest BCUT2D eigenvalue weighted by atomic mass is 9.97. The first-order valence-electron chi connectivity index (χ1n) is 7.21. The molecule has 4 N–H and O–H groups in total. The molecule has 1 saturated carbocycles. The van der Waals surface area contributed by atoms with Crippen molar-refractivity contribution < 1.29 is 18.0 Å². The number of carbonyl (C=O) groups excluding carboxylic acids is 2. The van der Waals surface area contributed by atoms with E-state index in [0.717, 1.165) is 12.8 Å². The summed E-state index contributed by atoms with van der Waals surface area (Å²) in [5.74, 6) is -0.0548. The number of nitrogens with zero attached hydrogens (tertiary/aromatic N) is 1. The van der Waals surface area contributed by atoms with Crippen molar-refractivity contribution >= 4 is 22.0 Å². The molecule has 9 heteroatoms. The van der Waals surface area contributed by atoms with Crippen LogP contribution in [0, 0.1) is 11.8 Å². The molecule has 21 heavy (non-hydrogen) atoms.